The summed E-state index contributed by atoms with van der Waals surface area (Å²) in [7, 11) is 0. The number of ether oxygens (including phenoxy) is 2. The van der Waals surface area contributed by atoms with Crippen LogP contribution in [0.1, 0.15) is 52.1 Å². The molecule has 0 bridgehead atoms. The Morgan fingerprint density at radius 3 is 2.23 bits per heavy atom. The van der Waals surface area contributed by atoms with Gasteiger partial charge in [-0.05, 0) is 74.0 Å². The van der Waals surface area contributed by atoms with Crippen LogP contribution in [0.3, 0.4) is 0 Å². The van der Waals surface area contributed by atoms with Crippen LogP contribution in [0.5, 0.6) is 11.5 Å². The number of nitrogens with one attached hydrogen (secondary N) is 2. The molecule has 180 valence electrons. The molecule has 0 saturated carbocycles. The monoisotopic (exact) mass is 473 g/mol. The van der Waals surface area contributed by atoms with Crippen LogP contribution >= 0.6 is 0 Å². The van der Waals surface area contributed by atoms with E-state index in [2.05, 4.69) is 15.8 Å². The number of hydrogen-bond acceptors (Lipinski definition) is 6. The third-order valence-corrected chi connectivity index (χ3v) is 4.89. The Morgan fingerprint density at radius 1 is 0.886 bits per heavy atom. The molecule has 2 N–H and O–H groups in total. The van der Waals surface area contributed by atoms with Crippen molar-refractivity contribution in [2.45, 2.75) is 27.2 Å². The Morgan fingerprint density at radius 2 is 1.57 bits per heavy atom. The summed E-state index contributed by atoms with van der Waals surface area (Å²) in [5, 5.41) is 6.71. The SMILES string of the molecule is CCOc1cc(/C=N/NC(=O)c2ccc(NC(=O)CC)cc2)ccc1OC(=O)c1ccc(C)cc1. The number of hydrogen-bond donors (Lipinski definition) is 2. The van der Waals surface area contributed by atoms with Gasteiger partial charge in [0.1, 0.15) is 0 Å². The first-order valence-corrected chi connectivity index (χ1v) is 11.2. The third-order valence-electron chi connectivity index (χ3n) is 4.89. The molecule has 35 heavy (non-hydrogen) atoms. The Bertz CT molecular complexity index is 1220. The summed E-state index contributed by atoms with van der Waals surface area (Å²) in [4.78, 5) is 36.2. The summed E-state index contributed by atoms with van der Waals surface area (Å²) in [5.41, 5.74) is 5.59. The number of rotatable bonds is 9. The summed E-state index contributed by atoms with van der Waals surface area (Å²) >= 11 is 0. The smallest absolute Gasteiger partial charge is 0.343 e. The molecule has 3 aromatic carbocycles. The first-order chi connectivity index (χ1) is 16.9. The second-order valence-corrected chi connectivity index (χ2v) is 7.57. The molecule has 8 heteroatoms. The lowest BCUT2D eigenvalue weighted by Gasteiger charge is -2.11. The van der Waals surface area contributed by atoms with Crippen LogP contribution in [0.4, 0.5) is 5.69 Å². The van der Waals surface area contributed by atoms with E-state index in [1.807, 2.05) is 26.0 Å². The van der Waals surface area contributed by atoms with Gasteiger partial charge in [0.25, 0.3) is 5.91 Å². The lowest BCUT2D eigenvalue weighted by Crippen LogP contribution is -2.17. The van der Waals surface area contributed by atoms with Crippen LogP contribution < -0.4 is 20.2 Å². The van der Waals surface area contributed by atoms with E-state index in [4.69, 9.17) is 9.47 Å². The first kappa shape index (κ1) is 25.2. The van der Waals surface area contributed by atoms with E-state index >= 15 is 0 Å². The lowest BCUT2D eigenvalue weighted by atomic mass is 10.1. The van der Waals surface area contributed by atoms with Gasteiger partial charge in [0, 0.05) is 17.7 Å². The number of nitrogens with zero attached hydrogens (tertiary/aromatic N) is 1. The topological polar surface area (TPSA) is 106 Å². The van der Waals surface area contributed by atoms with Crippen LogP contribution in [0.25, 0.3) is 0 Å². The highest BCUT2D eigenvalue weighted by molar-refractivity contribution is 5.96. The van der Waals surface area contributed by atoms with E-state index in [-0.39, 0.29) is 11.7 Å². The Labute approximate surface area is 204 Å². The van der Waals surface area contributed by atoms with Gasteiger partial charge in [-0.25, -0.2) is 10.2 Å². The molecule has 0 fully saturated rings. The quantitative estimate of drug-likeness (QED) is 0.202. The molecule has 8 nitrogen and oxygen atoms in total. The maximum atomic E-state index is 12.5. The minimum atomic E-state index is -0.486. The van der Waals surface area contributed by atoms with Gasteiger partial charge in [0.05, 0.1) is 18.4 Å². The number of carbonyl (C=O) groups is 3. The molecule has 0 spiro atoms. The largest absolute Gasteiger partial charge is 0.490 e. The van der Waals surface area contributed by atoms with Gasteiger partial charge in [-0.15, -0.1) is 0 Å². The molecular formula is C27H27N3O5. The fraction of sp³-hybridized carbons (Fsp3) is 0.185. The van der Waals surface area contributed by atoms with E-state index in [9.17, 15) is 14.4 Å². The summed E-state index contributed by atoms with van der Waals surface area (Å²) in [6.07, 6.45) is 1.83. The summed E-state index contributed by atoms with van der Waals surface area (Å²) in [6.45, 7) is 5.90. The minimum Gasteiger partial charge on any atom is -0.490 e. The van der Waals surface area contributed by atoms with E-state index in [0.29, 0.717) is 41.2 Å². The zero-order valence-electron chi connectivity index (χ0n) is 19.8. The predicted molar refractivity (Wildman–Crippen MR) is 134 cm³/mol. The van der Waals surface area contributed by atoms with Gasteiger partial charge in [-0.1, -0.05) is 24.6 Å². The van der Waals surface area contributed by atoms with Crippen molar-refractivity contribution in [2.24, 2.45) is 5.10 Å². The average molecular weight is 474 g/mol. The van der Waals surface area contributed by atoms with Crippen molar-refractivity contribution in [3.63, 3.8) is 0 Å². The molecule has 3 rings (SSSR count). The van der Waals surface area contributed by atoms with Gasteiger partial charge in [-0.2, -0.15) is 5.10 Å². The van der Waals surface area contributed by atoms with Crippen molar-refractivity contribution in [3.05, 3.63) is 89.0 Å². The van der Waals surface area contributed by atoms with E-state index in [0.717, 1.165) is 5.56 Å². The highest BCUT2D eigenvalue weighted by atomic mass is 16.6. The fourth-order valence-electron chi connectivity index (χ4n) is 2.99. The first-order valence-electron chi connectivity index (χ1n) is 11.2. The zero-order valence-corrected chi connectivity index (χ0v) is 19.8. The molecule has 0 aliphatic rings. The van der Waals surface area contributed by atoms with E-state index in [1.165, 1.54) is 6.21 Å². The molecule has 0 unspecified atom stereocenters. The Balaban J connectivity index is 1.64. The second-order valence-electron chi connectivity index (χ2n) is 7.57. The number of benzene rings is 3. The molecular weight excluding hydrogens is 446 g/mol. The van der Waals surface area contributed by atoms with Crippen LogP contribution in [-0.4, -0.2) is 30.6 Å². The van der Waals surface area contributed by atoms with Gasteiger partial charge in [-0.3, -0.25) is 9.59 Å². The van der Waals surface area contributed by atoms with E-state index < -0.39 is 11.9 Å². The number of aryl methyl sites for hydroxylation is 1. The zero-order chi connectivity index (χ0) is 25.2. The maximum Gasteiger partial charge on any atom is 0.343 e. The number of esters is 1. The van der Waals surface area contributed by atoms with Crippen molar-refractivity contribution in [1.29, 1.82) is 0 Å². The maximum absolute atomic E-state index is 12.5. The fourth-order valence-corrected chi connectivity index (χ4v) is 2.99. The average Bonchev–Trinajstić information content (AvgIpc) is 2.86. The molecule has 3 aromatic rings. The number of amides is 2. The lowest BCUT2D eigenvalue weighted by molar-refractivity contribution is -0.115. The van der Waals surface area contributed by atoms with Gasteiger partial charge in [0.15, 0.2) is 11.5 Å². The van der Waals surface area contributed by atoms with Crippen molar-refractivity contribution >= 4 is 29.7 Å². The molecule has 2 amide bonds. The molecule has 0 atom stereocenters. The van der Waals surface area contributed by atoms with Crippen LogP contribution in [0.2, 0.25) is 0 Å². The molecule has 0 heterocycles. The van der Waals surface area contributed by atoms with Crippen molar-refractivity contribution in [3.8, 4) is 11.5 Å². The van der Waals surface area contributed by atoms with E-state index in [1.54, 1.807) is 61.5 Å². The number of anilines is 1. The van der Waals surface area contributed by atoms with Crippen LogP contribution in [-0.2, 0) is 4.79 Å². The summed E-state index contributed by atoms with van der Waals surface area (Å²) in [6, 6.07) is 18.6. The minimum absolute atomic E-state index is 0.103. The Hall–Kier alpha value is -4.46. The molecule has 0 radical (unpaired) electrons. The third kappa shape index (κ3) is 7.26. The van der Waals surface area contributed by atoms with Gasteiger partial charge in [0.2, 0.25) is 5.91 Å². The van der Waals surface area contributed by atoms with Crippen molar-refractivity contribution in [1.82, 2.24) is 5.43 Å². The standard InChI is InChI=1S/C27H27N3O5/c1-4-25(31)29-22-13-11-20(12-14-22)26(32)30-28-17-19-8-15-23(24(16-19)34-5-2)35-27(33)21-9-6-18(3)7-10-21/h6-17H,4-5H2,1-3H3,(H,29,31)(H,30,32)/b28-17+. The molecule has 0 aliphatic heterocycles. The molecule has 0 saturated heterocycles. The number of carbonyl (C=O) groups excluding carboxylic acids is 3. The normalized spacial score (nSPS) is 10.6. The second kappa shape index (κ2) is 12.1. The summed E-state index contributed by atoms with van der Waals surface area (Å²) < 4.78 is 11.1. The van der Waals surface area contributed by atoms with Crippen LogP contribution in [0, 0.1) is 6.92 Å². The highest BCUT2D eigenvalue weighted by Crippen LogP contribution is 2.29. The van der Waals surface area contributed by atoms with Crippen molar-refractivity contribution < 1.29 is 23.9 Å². The van der Waals surface area contributed by atoms with Gasteiger partial charge < -0.3 is 14.8 Å². The Kier molecular flexibility index (Phi) is 8.72. The van der Waals surface area contributed by atoms with Crippen molar-refractivity contribution in [2.75, 3.05) is 11.9 Å². The van der Waals surface area contributed by atoms with Gasteiger partial charge >= 0.3 is 5.97 Å². The predicted octanol–water partition coefficient (Wildman–Crippen LogP) is 4.73. The molecule has 0 aromatic heterocycles. The van der Waals surface area contributed by atoms with Crippen LogP contribution in [0.15, 0.2) is 71.8 Å². The number of hydrazone groups is 1. The highest BCUT2D eigenvalue weighted by Gasteiger charge is 2.13. The summed E-state index contributed by atoms with van der Waals surface area (Å²) in [5.74, 6) is -0.320. The molecule has 0 aliphatic carbocycles.